The van der Waals surface area contributed by atoms with Crippen LogP contribution in [0.25, 0.3) is 0 Å². The Morgan fingerprint density at radius 1 is 1.53 bits per heavy atom. The third-order valence-electron chi connectivity index (χ3n) is 2.62. The predicted octanol–water partition coefficient (Wildman–Crippen LogP) is 0.899. The fourth-order valence-electron chi connectivity index (χ4n) is 1.47. The first kappa shape index (κ1) is 15.1. The Hall–Kier alpha value is -1.91. The molecular formula is C12H14N2O4S. The van der Waals surface area contributed by atoms with Gasteiger partial charge in [-0.15, -0.1) is 0 Å². The van der Waals surface area contributed by atoms with Crippen LogP contribution in [-0.2, 0) is 14.8 Å². The summed E-state index contributed by atoms with van der Waals surface area (Å²) in [4.78, 5) is 10.7. The van der Waals surface area contributed by atoms with Gasteiger partial charge in [0.1, 0.15) is 0 Å². The van der Waals surface area contributed by atoms with Gasteiger partial charge in [-0.2, -0.15) is 5.26 Å². The average Bonchev–Trinajstić information content (AvgIpc) is 2.38. The molecule has 0 aromatic heterocycles. The van der Waals surface area contributed by atoms with E-state index in [1.54, 1.807) is 0 Å². The molecule has 0 aliphatic carbocycles. The maximum atomic E-state index is 12.2. The summed E-state index contributed by atoms with van der Waals surface area (Å²) in [6.45, 7) is 1.30. The lowest BCUT2D eigenvalue weighted by Gasteiger charge is -2.19. The minimum Gasteiger partial charge on any atom is -0.481 e. The molecule has 0 fully saturated rings. The van der Waals surface area contributed by atoms with Crippen molar-refractivity contribution < 1.29 is 18.3 Å². The summed E-state index contributed by atoms with van der Waals surface area (Å²) < 4.78 is 25.3. The first-order valence-corrected chi connectivity index (χ1v) is 6.92. The molecule has 0 saturated carbocycles. The minimum absolute atomic E-state index is 0.0216. The number of carboxylic acid groups (broad SMARTS) is 1. The molecule has 0 spiro atoms. The van der Waals surface area contributed by atoms with Crippen molar-refractivity contribution in [3.05, 3.63) is 29.8 Å². The molecule has 0 bridgehead atoms. The smallest absolute Gasteiger partial charge is 0.307 e. The fourth-order valence-corrected chi connectivity index (χ4v) is 2.77. The Morgan fingerprint density at radius 2 is 2.16 bits per heavy atom. The zero-order valence-corrected chi connectivity index (χ0v) is 11.4. The molecular weight excluding hydrogens is 268 g/mol. The van der Waals surface area contributed by atoms with Crippen LogP contribution in [0.3, 0.4) is 0 Å². The monoisotopic (exact) mass is 282 g/mol. The molecule has 102 valence electrons. The lowest BCUT2D eigenvalue weighted by molar-refractivity contribution is -0.141. The van der Waals surface area contributed by atoms with Gasteiger partial charge < -0.3 is 5.11 Å². The zero-order valence-electron chi connectivity index (χ0n) is 10.6. The molecule has 0 saturated heterocycles. The molecule has 1 N–H and O–H groups in total. The number of sulfonamides is 1. The number of carboxylic acids is 1. The molecule has 0 heterocycles. The molecule has 1 aromatic carbocycles. The lowest BCUT2D eigenvalue weighted by atomic mass is 10.2. The van der Waals surface area contributed by atoms with E-state index in [2.05, 4.69) is 0 Å². The average molecular weight is 282 g/mol. The van der Waals surface area contributed by atoms with E-state index in [-0.39, 0.29) is 17.0 Å². The van der Waals surface area contributed by atoms with Gasteiger partial charge in [0.05, 0.1) is 22.4 Å². The number of carbonyl (C=O) groups is 1. The molecule has 0 aliphatic rings. The number of hydrogen-bond donors (Lipinski definition) is 1. The van der Waals surface area contributed by atoms with Crippen molar-refractivity contribution in [1.29, 1.82) is 5.26 Å². The van der Waals surface area contributed by atoms with Gasteiger partial charge in [0.25, 0.3) is 0 Å². The fraction of sp³-hybridized carbons (Fsp3) is 0.333. The minimum atomic E-state index is -3.78. The third-order valence-corrected chi connectivity index (χ3v) is 4.44. The highest BCUT2D eigenvalue weighted by Crippen LogP contribution is 2.16. The Balaban J connectivity index is 3.03. The summed E-state index contributed by atoms with van der Waals surface area (Å²) >= 11 is 0. The number of hydrogen-bond acceptors (Lipinski definition) is 4. The summed E-state index contributed by atoms with van der Waals surface area (Å²) in [5.41, 5.74) is 0.237. The van der Waals surface area contributed by atoms with E-state index in [9.17, 15) is 13.2 Å². The number of benzene rings is 1. The van der Waals surface area contributed by atoms with Gasteiger partial charge in [-0.05, 0) is 18.2 Å². The zero-order chi connectivity index (χ0) is 14.6. The first-order valence-electron chi connectivity index (χ1n) is 5.48. The molecule has 1 unspecified atom stereocenters. The summed E-state index contributed by atoms with van der Waals surface area (Å²) in [6.07, 6.45) is 0. The van der Waals surface area contributed by atoms with Crippen molar-refractivity contribution in [2.24, 2.45) is 5.92 Å². The van der Waals surface area contributed by atoms with Gasteiger partial charge in [0.2, 0.25) is 10.0 Å². The van der Waals surface area contributed by atoms with Crippen molar-refractivity contribution in [2.75, 3.05) is 13.6 Å². The van der Waals surface area contributed by atoms with E-state index in [0.717, 1.165) is 4.31 Å². The number of rotatable bonds is 5. The molecule has 0 radical (unpaired) electrons. The van der Waals surface area contributed by atoms with Crippen LogP contribution >= 0.6 is 0 Å². The van der Waals surface area contributed by atoms with E-state index >= 15 is 0 Å². The summed E-state index contributed by atoms with van der Waals surface area (Å²) in [5, 5.41) is 17.5. The molecule has 0 amide bonds. The van der Waals surface area contributed by atoms with Crippen molar-refractivity contribution >= 4 is 16.0 Å². The van der Waals surface area contributed by atoms with Gasteiger partial charge in [0.15, 0.2) is 0 Å². The Bertz CT molecular complexity index is 619. The Morgan fingerprint density at radius 3 is 2.68 bits per heavy atom. The van der Waals surface area contributed by atoms with E-state index in [0.29, 0.717) is 0 Å². The summed E-state index contributed by atoms with van der Waals surface area (Å²) in [6, 6.07) is 7.47. The standard InChI is InChI=1S/C12H14N2O4S/c1-9(12(15)16)8-14(2)19(17,18)11-5-3-4-10(6-11)7-13/h3-6,9H,8H2,1-2H3,(H,15,16). The van der Waals surface area contributed by atoms with Crippen LogP contribution in [0.1, 0.15) is 12.5 Å². The second-order valence-corrected chi connectivity index (χ2v) is 6.21. The van der Waals surface area contributed by atoms with E-state index in [1.165, 1.54) is 38.2 Å². The van der Waals surface area contributed by atoms with Crippen molar-refractivity contribution in [2.45, 2.75) is 11.8 Å². The summed E-state index contributed by atoms with van der Waals surface area (Å²) in [7, 11) is -2.47. The molecule has 1 atom stereocenters. The Labute approximate surface area is 111 Å². The maximum absolute atomic E-state index is 12.2. The highest BCUT2D eigenvalue weighted by atomic mass is 32.2. The molecule has 0 aliphatic heterocycles. The van der Waals surface area contributed by atoms with Crippen LogP contribution in [-0.4, -0.2) is 37.4 Å². The number of aliphatic carboxylic acids is 1. The highest BCUT2D eigenvalue weighted by Gasteiger charge is 2.24. The van der Waals surface area contributed by atoms with Crippen molar-refractivity contribution in [3.63, 3.8) is 0 Å². The van der Waals surface area contributed by atoms with Gasteiger partial charge in [-0.25, -0.2) is 12.7 Å². The van der Waals surface area contributed by atoms with Gasteiger partial charge >= 0.3 is 5.97 Å². The first-order chi connectivity index (χ1) is 8.78. The largest absolute Gasteiger partial charge is 0.481 e. The SMILES string of the molecule is CC(CN(C)S(=O)(=O)c1cccc(C#N)c1)C(=O)O. The molecule has 1 rings (SSSR count). The maximum Gasteiger partial charge on any atom is 0.307 e. The normalized spacial score (nSPS) is 12.9. The van der Waals surface area contributed by atoms with Crippen molar-refractivity contribution in [3.8, 4) is 6.07 Å². The van der Waals surface area contributed by atoms with Crippen molar-refractivity contribution in [1.82, 2.24) is 4.31 Å². The lowest BCUT2D eigenvalue weighted by Crippen LogP contribution is -2.33. The third kappa shape index (κ3) is 3.53. The van der Waals surface area contributed by atoms with E-state index in [1.807, 2.05) is 6.07 Å². The van der Waals surface area contributed by atoms with Gasteiger partial charge in [-0.1, -0.05) is 13.0 Å². The molecule has 19 heavy (non-hydrogen) atoms. The van der Waals surface area contributed by atoms with Gasteiger partial charge in [-0.3, -0.25) is 4.79 Å². The van der Waals surface area contributed by atoms with Crippen LogP contribution in [0.2, 0.25) is 0 Å². The highest BCUT2D eigenvalue weighted by molar-refractivity contribution is 7.89. The predicted molar refractivity (Wildman–Crippen MR) is 67.8 cm³/mol. The van der Waals surface area contributed by atoms with E-state index in [4.69, 9.17) is 10.4 Å². The van der Waals surface area contributed by atoms with E-state index < -0.39 is 21.9 Å². The summed E-state index contributed by atoms with van der Waals surface area (Å²) in [5.74, 6) is -1.87. The second-order valence-electron chi connectivity index (χ2n) is 4.16. The Kier molecular flexibility index (Phi) is 4.64. The van der Waals surface area contributed by atoms with Crippen LogP contribution in [0.4, 0.5) is 0 Å². The van der Waals surface area contributed by atoms with Gasteiger partial charge in [0, 0.05) is 13.6 Å². The topological polar surface area (TPSA) is 98.5 Å². The molecule has 7 heteroatoms. The van der Waals surface area contributed by atoms with Crippen LogP contribution in [0.5, 0.6) is 0 Å². The second kappa shape index (κ2) is 5.82. The number of nitrogens with zero attached hydrogens (tertiary/aromatic N) is 2. The quantitative estimate of drug-likeness (QED) is 0.865. The van der Waals surface area contributed by atoms with Crippen LogP contribution < -0.4 is 0 Å². The number of nitriles is 1. The van der Waals surface area contributed by atoms with Crippen LogP contribution in [0, 0.1) is 17.2 Å². The molecule has 6 nitrogen and oxygen atoms in total. The van der Waals surface area contributed by atoms with Crippen LogP contribution in [0.15, 0.2) is 29.2 Å². The molecule has 1 aromatic rings.